The van der Waals surface area contributed by atoms with Gasteiger partial charge in [-0.05, 0) is 42.0 Å². The molecule has 0 saturated carbocycles. The maximum atomic E-state index is 12.5. The number of carbonyl (C=O) groups is 1. The predicted molar refractivity (Wildman–Crippen MR) is 120 cm³/mol. The first-order chi connectivity index (χ1) is 15.0. The van der Waals surface area contributed by atoms with Gasteiger partial charge < -0.3 is 10.1 Å². The average molecular weight is 478 g/mol. The van der Waals surface area contributed by atoms with E-state index < -0.39 is 10.8 Å². The average Bonchev–Trinajstić information content (AvgIpc) is 2.77. The van der Waals surface area contributed by atoms with Gasteiger partial charge in [0, 0.05) is 27.9 Å². The van der Waals surface area contributed by atoms with Gasteiger partial charge in [-0.15, -0.1) is 0 Å². The Morgan fingerprint density at radius 2 is 1.90 bits per heavy atom. The third-order valence-corrected chi connectivity index (χ3v) is 4.68. The number of halogens is 1. The highest BCUT2D eigenvalue weighted by atomic mass is 79.9. The van der Waals surface area contributed by atoms with Crippen molar-refractivity contribution in [3.05, 3.63) is 104 Å². The molecule has 0 radical (unpaired) electrons. The smallest absolute Gasteiger partial charge is 0.269 e. The van der Waals surface area contributed by atoms with Crippen LogP contribution in [0.2, 0.25) is 0 Å². The van der Waals surface area contributed by atoms with E-state index in [0.29, 0.717) is 22.6 Å². The number of carbonyl (C=O) groups excluding carboxylic acids is 1. The van der Waals surface area contributed by atoms with Crippen molar-refractivity contribution < 1.29 is 14.5 Å². The van der Waals surface area contributed by atoms with Crippen molar-refractivity contribution in [2.75, 3.05) is 5.32 Å². The number of nitro benzene ring substituents is 1. The molecule has 0 bridgehead atoms. The Morgan fingerprint density at radius 3 is 2.61 bits per heavy atom. The third kappa shape index (κ3) is 6.01. The van der Waals surface area contributed by atoms with Crippen LogP contribution in [0.25, 0.3) is 6.08 Å². The van der Waals surface area contributed by atoms with E-state index >= 15 is 0 Å². The number of para-hydroxylation sites is 1. The highest BCUT2D eigenvalue weighted by molar-refractivity contribution is 9.10. The van der Waals surface area contributed by atoms with Crippen LogP contribution in [-0.2, 0) is 11.4 Å². The molecule has 0 aliphatic rings. The number of hydrogen-bond acceptors (Lipinski definition) is 5. The predicted octanol–water partition coefficient (Wildman–Crippen LogP) is 5.48. The van der Waals surface area contributed by atoms with Gasteiger partial charge in [-0.25, -0.2) is 0 Å². The first-order valence-electron chi connectivity index (χ1n) is 9.10. The van der Waals surface area contributed by atoms with Crippen LogP contribution in [-0.4, -0.2) is 10.8 Å². The summed E-state index contributed by atoms with van der Waals surface area (Å²) in [4.78, 5) is 23.0. The van der Waals surface area contributed by atoms with Crippen molar-refractivity contribution in [1.82, 2.24) is 0 Å². The van der Waals surface area contributed by atoms with E-state index in [9.17, 15) is 20.2 Å². The molecular formula is C23H16BrN3O4. The van der Waals surface area contributed by atoms with E-state index in [2.05, 4.69) is 21.2 Å². The molecule has 1 amide bonds. The number of nitrogens with zero attached hydrogens (tertiary/aromatic N) is 2. The number of nitrogens with one attached hydrogen (secondary N) is 1. The summed E-state index contributed by atoms with van der Waals surface area (Å²) in [7, 11) is 0. The van der Waals surface area contributed by atoms with Gasteiger partial charge in [0.1, 0.15) is 24.0 Å². The molecule has 3 aromatic carbocycles. The quantitative estimate of drug-likeness (QED) is 0.210. The minimum atomic E-state index is -0.543. The van der Waals surface area contributed by atoms with Gasteiger partial charge in [-0.1, -0.05) is 46.3 Å². The molecule has 0 saturated heterocycles. The molecule has 3 aromatic rings. The fourth-order valence-corrected chi connectivity index (χ4v) is 3.09. The summed E-state index contributed by atoms with van der Waals surface area (Å²) in [6.45, 7) is 0.0856. The van der Waals surface area contributed by atoms with E-state index in [-0.39, 0.29) is 17.9 Å². The van der Waals surface area contributed by atoms with Gasteiger partial charge in [0.15, 0.2) is 0 Å². The summed E-state index contributed by atoms with van der Waals surface area (Å²) in [5.41, 5.74) is 1.59. The Kier molecular flexibility index (Phi) is 7.14. The molecule has 154 valence electrons. The number of benzene rings is 3. The zero-order valence-corrected chi connectivity index (χ0v) is 17.7. The number of hydrogen-bond donors (Lipinski definition) is 1. The zero-order valence-electron chi connectivity index (χ0n) is 16.1. The number of ether oxygens (including phenoxy) is 1. The summed E-state index contributed by atoms with van der Waals surface area (Å²) < 4.78 is 6.57. The Balaban J connectivity index is 1.83. The van der Waals surface area contributed by atoms with Gasteiger partial charge in [0.05, 0.1) is 4.92 Å². The topological polar surface area (TPSA) is 105 Å². The van der Waals surface area contributed by atoms with E-state index in [4.69, 9.17) is 4.74 Å². The maximum Gasteiger partial charge on any atom is 0.269 e. The summed E-state index contributed by atoms with van der Waals surface area (Å²) in [5, 5.41) is 23.1. The Labute approximate surface area is 186 Å². The summed E-state index contributed by atoms with van der Waals surface area (Å²) >= 11 is 3.38. The Bertz CT molecular complexity index is 1190. The van der Waals surface area contributed by atoms with Crippen LogP contribution in [0.15, 0.2) is 82.8 Å². The number of non-ortho nitro benzene ring substituents is 1. The lowest BCUT2D eigenvalue weighted by Crippen LogP contribution is -2.13. The van der Waals surface area contributed by atoms with Gasteiger partial charge in [-0.3, -0.25) is 14.9 Å². The second-order valence-corrected chi connectivity index (χ2v) is 7.30. The van der Waals surface area contributed by atoms with Crippen LogP contribution in [0.3, 0.4) is 0 Å². The van der Waals surface area contributed by atoms with Crippen LogP contribution in [0, 0.1) is 21.4 Å². The molecule has 0 heterocycles. The monoisotopic (exact) mass is 477 g/mol. The number of rotatable bonds is 7. The number of nitriles is 1. The maximum absolute atomic E-state index is 12.5. The van der Waals surface area contributed by atoms with Gasteiger partial charge in [-0.2, -0.15) is 5.26 Å². The lowest BCUT2D eigenvalue weighted by Gasteiger charge is -2.11. The van der Waals surface area contributed by atoms with Crippen molar-refractivity contribution in [3.8, 4) is 11.8 Å². The van der Waals surface area contributed by atoms with Crippen LogP contribution >= 0.6 is 15.9 Å². The van der Waals surface area contributed by atoms with E-state index in [0.717, 1.165) is 4.47 Å². The Morgan fingerprint density at radius 1 is 1.13 bits per heavy atom. The zero-order chi connectivity index (χ0) is 22.2. The first-order valence-corrected chi connectivity index (χ1v) is 9.89. The van der Waals surface area contributed by atoms with Crippen LogP contribution < -0.4 is 10.1 Å². The molecule has 0 unspecified atom stereocenters. The van der Waals surface area contributed by atoms with Gasteiger partial charge >= 0.3 is 0 Å². The molecule has 7 nitrogen and oxygen atoms in total. The second kappa shape index (κ2) is 10.2. The van der Waals surface area contributed by atoms with Crippen molar-refractivity contribution in [3.63, 3.8) is 0 Å². The van der Waals surface area contributed by atoms with Gasteiger partial charge in [0.2, 0.25) is 0 Å². The van der Waals surface area contributed by atoms with E-state index in [1.54, 1.807) is 54.6 Å². The fraction of sp³-hybridized carbons (Fsp3) is 0.0435. The summed E-state index contributed by atoms with van der Waals surface area (Å²) in [5.74, 6) is -0.117. The van der Waals surface area contributed by atoms with Crippen LogP contribution in [0.1, 0.15) is 11.1 Å². The number of nitro groups is 1. The standard InChI is InChI=1S/C23H16BrN3O4/c24-19-9-10-22(31-15-16-5-4-8-21(11-16)27(29)30)17(13-19)12-18(14-25)23(28)26-20-6-2-1-3-7-20/h1-13H,15H2,(H,26,28)/b18-12+. The highest BCUT2D eigenvalue weighted by Crippen LogP contribution is 2.27. The lowest BCUT2D eigenvalue weighted by molar-refractivity contribution is -0.384. The van der Waals surface area contributed by atoms with Crippen LogP contribution in [0.4, 0.5) is 11.4 Å². The molecule has 0 spiro atoms. The number of amides is 1. The molecule has 31 heavy (non-hydrogen) atoms. The highest BCUT2D eigenvalue weighted by Gasteiger charge is 2.13. The molecule has 3 rings (SSSR count). The molecule has 0 aliphatic carbocycles. The van der Waals surface area contributed by atoms with Crippen molar-refractivity contribution in [1.29, 1.82) is 5.26 Å². The van der Waals surface area contributed by atoms with E-state index in [1.807, 2.05) is 12.1 Å². The SMILES string of the molecule is N#C/C(=C\c1cc(Br)ccc1OCc1cccc([N+](=O)[O-])c1)C(=O)Nc1ccccc1. The fourth-order valence-electron chi connectivity index (χ4n) is 2.71. The minimum Gasteiger partial charge on any atom is -0.488 e. The second-order valence-electron chi connectivity index (χ2n) is 6.39. The van der Waals surface area contributed by atoms with Gasteiger partial charge in [0.25, 0.3) is 11.6 Å². The molecule has 0 atom stereocenters. The lowest BCUT2D eigenvalue weighted by atomic mass is 10.1. The van der Waals surface area contributed by atoms with Crippen LogP contribution in [0.5, 0.6) is 5.75 Å². The first kappa shape index (κ1) is 21.7. The van der Waals surface area contributed by atoms with Crippen molar-refractivity contribution in [2.24, 2.45) is 0 Å². The third-order valence-electron chi connectivity index (χ3n) is 4.18. The molecule has 0 aromatic heterocycles. The molecule has 0 fully saturated rings. The summed E-state index contributed by atoms with van der Waals surface area (Å²) in [6.07, 6.45) is 1.44. The van der Waals surface area contributed by atoms with Crippen molar-refractivity contribution >= 4 is 39.3 Å². The largest absolute Gasteiger partial charge is 0.488 e. The molecular weight excluding hydrogens is 462 g/mol. The van der Waals surface area contributed by atoms with E-state index in [1.165, 1.54) is 18.2 Å². The summed E-state index contributed by atoms with van der Waals surface area (Å²) in [6, 6.07) is 22.0. The van der Waals surface area contributed by atoms with Crippen molar-refractivity contribution in [2.45, 2.75) is 6.61 Å². The molecule has 8 heteroatoms. The molecule has 1 N–H and O–H groups in total. The normalized spacial score (nSPS) is 10.8. The minimum absolute atomic E-state index is 0.0265. The Hall–Kier alpha value is -3.96. The number of anilines is 1. The molecule has 0 aliphatic heterocycles.